The number of nitrogens with two attached hydrogens (primary N) is 1. The fourth-order valence-electron chi connectivity index (χ4n) is 2.31. The normalized spacial score (nSPS) is 10.4. The lowest BCUT2D eigenvalue weighted by atomic mass is 10.1. The molecule has 0 saturated carbocycles. The van der Waals surface area contributed by atoms with E-state index in [1.54, 1.807) is 6.92 Å². The van der Waals surface area contributed by atoms with Crippen LogP contribution in [0.1, 0.15) is 53.4 Å². The number of nitrogens with one attached hydrogen (secondary N) is 1. The Balaban J connectivity index is 2.47. The summed E-state index contributed by atoms with van der Waals surface area (Å²) in [6.07, 6.45) is 1.10. The lowest BCUT2D eigenvalue weighted by molar-refractivity contribution is 0.0526. The van der Waals surface area contributed by atoms with Crippen molar-refractivity contribution in [1.29, 1.82) is 0 Å². The zero-order valence-corrected chi connectivity index (χ0v) is 15.0. The number of nitrogens with zero attached hydrogens (tertiary/aromatic N) is 2. The number of anilines is 1. The van der Waals surface area contributed by atoms with Gasteiger partial charge in [-0.3, -0.25) is 14.3 Å². The summed E-state index contributed by atoms with van der Waals surface area (Å²) in [4.78, 5) is 47.6. The lowest BCUT2D eigenvalue weighted by Gasteiger charge is -2.07. The molecule has 2 heterocycles. The maximum atomic E-state index is 12.5. The number of primary amides is 1. The number of amides is 2. The first-order chi connectivity index (χ1) is 12.2. The predicted molar refractivity (Wildman–Crippen MR) is 91.7 cm³/mol. The zero-order valence-electron chi connectivity index (χ0n) is 14.2. The first-order valence-corrected chi connectivity index (χ1v) is 8.17. The highest BCUT2D eigenvalue weighted by Gasteiger charge is 2.28. The van der Waals surface area contributed by atoms with Crippen LogP contribution in [0.5, 0.6) is 0 Å². The lowest BCUT2D eigenvalue weighted by Crippen LogP contribution is -2.18. The Morgan fingerprint density at radius 3 is 2.58 bits per heavy atom. The van der Waals surface area contributed by atoms with E-state index in [1.807, 2.05) is 0 Å². The molecule has 0 aromatic carbocycles. The molecule has 0 bridgehead atoms. The molecule has 0 aliphatic carbocycles. The molecule has 0 spiro atoms. The van der Waals surface area contributed by atoms with E-state index in [2.05, 4.69) is 10.4 Å². The van der Waals surface area contributed by atoms with Crippen LogP contribution in [-0.4, -0.2) is 45.2 Å². The Labute approximate surface area is 151 Å². The largest absolute Gasteiger partial charge is 0.477 e. The fourth-order valence-corrected chi connectivity index (χ4v) is 3.36. The highest BCUT2D eigenvalue weighted by molar-refractivity contribution is 7.18. The summed E-state index contributed by atoms with van der Waals surface area (Å²) >= 11 is 0.811. The van der Waals surface area contributed by atoms with E-state index < -0.39 is 23.8 Å². The highest BCUT2D eigenvalue weighted by Crippen LogP contribution is 2.34. The Morgan fingerprint density at radius 2 is 2.04 bits per heavy atom. The maximum absolute atomic E-state index is 12.5. The minimum absolute atomic E-state index is 0.000217. The fraction of sp³-hybridized carbons (Fsp3) is 0.267. The van der Waals surface area contributed by atoms with Gasteiger partial charge >= 0.3 is 11.9 Å². The number of aromatic carboxylic acids is 1. The van der Waals surface area contributed by atoms with Crippen LogP contribution in [0, 0.1) is 6.92 Å². The van der Waals surface area contributed by atoms with Crippen LogP contribution in [0.3, 0.4) is 0 Å². The highest BCUT2D eigenvalue weighted by atomic mass is 32.1. The van der Waals surface area contributed by atoms with Crippen molar-refractivity contribution in [3.05, 3.63) is 33.5 Å². The molecule has 11 heteroatoms. The van der Waals surface area contributed by atoms with Crippen molar-refractivity contribution in [3.8, 4) is 0 Å². The predicted octanol–water partition coefficient (Wildman–Crippen LogP) is 1.02. The van der Waals surface area contributed by atoms with Gasteiger partial charge < -0.3 is 20.9 Å². The number of carboxylic acids is 1. The quantitative estimate of drug-likeness (QED) is 0.632. The second-order valence-corrected chi connectivity index (χ2v) is 6.16. The van der Waals surface area contributed by atoms with Crippen LogP contribution >= 0.6 is 11.3 Å². The van der Waals surface area contributed by atoms with Crippen molar-refractivity contribution in [2.45, 2.75) is 13.8 Å². The van der Waals surface area contributed by atoms with Crippen LogP contribution in [0.15, 0.2) is 6.20 Å². The van der Waals surface area contributed by atoms with Gasteiger partial charge in [0.05, 0.1) is 28.8 Å². The molecule has 0 radical (unpaired) electrons. The second kappa shape index (κ2) is 7.35. The molecule has 0 unspecified atom stereocenters. The number of aryl methyl sites for hydroxylation is 1. The molecular formula is C15H16N4O6S. The van der Waals surface area contributed by atoms with Gasteiger partial charge in [-0.15, -0.1) is 11.3 Å². The SMILES string of the molecule is CCOC(=O)c1c(NC(=O)c2cnn(C)c2C(=O)O)sc(C(N)=O)c1C. The number of ether oxygens (including phenoxy) is 1. The summed E-state index contributed by atoms with van der Waals surface area (Å²) in [6, 6.07) is 0. The van der Waals surface area contributed by atoms with Crippen LogP contribution in [0.2, 0.25) is 0 Å². The Bertz CT molecular complexity index is 914. The van der Waals surface area contributed by atoms with Crippen LogP contribution in [0.4, 0.5) is 5.00 Å². The monoisotopic (exact) mass is 380 g/mol. The molecule has 138 valence electrons. The van der Waals surface area contributed by atoms with Gasteiger partial charge in [-0.05, 0) is 19.4 Å². The zero-order chi connectivity index (χ0) is 19.6. The summed E-state index contributed by atoms with van der Waals surface area (Å²) < 4.78 is 5.99. The average Bonchev–Trinajstić information content (AvgIpc) is 3.08. The van der Waals surface area contributed by atoms with Crippen molar-refractivity contribution in [2.75, 3.05) is 11.9 Å². The van der Waals surface area contributed by atoms with Crippen molar-refractivity contribution in [3.63, 3.8) is 0 Å². The van der Waals surface area contributed by atoms with E-state index >= 15 is 0 Å². The van der Waals surface area contributed by atoms with Gasteiger partial charge in [-0.1, -0.05) is 0 Å². The molecule has 0 aliphatic heterocycles. The minimum atomic E-state index is -1.33. The van der Waals surface area contributed by atoms with E-state index in [0.29, 0.717) is 0 Å². The molecular weight excluding hydrogens is 364 g/mol. The number of carboxylic acid groups (broad SMARTS) is 1. The van der Waals surface area contributed by atoms with Gasteiger partial charge in [-0.2, -0.15) is 5.10 Å². The molecule has 26 heavy (non-hydrogen) atoms. The molecule has 2 aromatic heterocycles. The average molecular weight is 380 g/mol. The molecule has 0 saturated heterocycles. The topological polar surface area (TPSA) is 154 Å². The molecule has 2 aromatic rings. The summed E-state index contributed by atoms with van der Waals surface area (Å²) in [5, 5.41) is 15.4. The van der Waals surface area contributed by atoms with Gasteiger partial charge in [0.15, 0.2) is 5.69 Å². The van der Waals surface area contributed by atoms with Crippen LogP contribution < -0.4 is 11.1 Å². The maximum Gasteiger partial charge on any atom is 0.354 e. The van der Waals surface area contributed by atoms with Crippen LogP contribution in [0.25, 0.3) is 0 Å². The summed E-state index contributed by atoms with van der Waals surface area (Å²) in [5.41, 5.74) is 5.06. The Kier molecular flexibility index (Phi) is 5.41. The summed E-state index contributed by atoms with van der Waals surface area (Å²) in [5.74, 6) is -3.61. The third-order valence-electron chi connectivity index (χ3n) is 3.46. The number of rotatable bonds is 6. The first kappa shape index (κ1) is 19.1. The molecule has 10 nitrogen and oxygen atoms in total. The third-order valence-corrected chi connectivity index (χ3v) is 4.68. The number of carbonyl (C=O) groups excluding carboxylic acids is 3. The first-order valence-electron chi connectivity index (χ1n) is 7.35. The van der Waals surface area contributed by atoms with E-state index in [1.165, 1.54) is 14.0 Å². The number of esters is 1. The summed E-state index contributed by atoms with van der Waals surface area (Å²) in [6.45, 7) is 3.21. The van der Waals surface area contributed by atoms with Gasteiger partial charge in [-0.25, -0.2) is 9.59 Å². The van der Waals surface area contributed by atoms with Gasteiger partial charge in [0, 0.05) is 7.05 Å². The van der Waals surface area contributed by atoms with Crippen molar-refractivity contribution >= 4 is 40.1 Å². The van der Waals surface area contributed by atoms with Crippen molar-refractivity contribution in [1.82, 2.24) is 9.78 Å². The molecule has 4 N–H and O–H groups in total. The third kappa shape index (κ3) is 3.42. The number of hydrogen-bond acceptors (Lipinski definition) is 7. The van der Waals surface area contributed by atoms with E-state index in [4.69, 9.17) is 10.5 Å². The molecule has 0 atom stereocenters. The number of carbonyl (C=O) groups is 4. The van der Waals surface area contributed by atoms with Crippen molar-refractivity contribution < 1.29 is 29.0 Å². The molecule has 2 rings (SSSR count). The van der Waals surface area contributed by atoms with Gasteiger partial charge in [0.1, 0.15) is 5.00 Å². The number of aromatic nitrogens is 2. The Morgan fingerprint density at radius 1 is 1.38 bits per heavy atom. The van der Waals surface area contributed by atoms with Gasteiger partial charge in [0.25, 0.3) is 11.8 Å². The van der Waals surface area contributed by atoms with Gasteiger partial charge in [0.2, 0.25) is 0 Å². The van der Waals surface area contributed by atoms with Crippen LogP contribution in [-0.2, 0) is 11.8 Å². The van der Waals surface area contributed by atoms with E-state index in [0.717, 1.165) is 22.2 Å². The smallest absolute Gasteiger partial charge is 0.354 e. The molecule has 2 amide bonds. The van der Waals surface area contributed by atoms with Crippen molar-refractivity contribution in [2.24, 2.45) is 12.8 Å². The Hall–Kier alpha value is -3.21. The van der Waals surface area contributed by atoms with E-state index in [-0.39, 0.29) is 38.9 Å². The molecule has 0 aliphatic rings. The number of hydrogen-bond donors (Lipinski definition) is 3. The van der Waals surface area contributed by atoms with E-state index in [9.17, 15) is 24.3 Å². The standard InChI is InChI=1S/C15H16N4O6S/c1-4-25-15(24)8-6(2)10(11(16)20)26-13(8)18-12(21)7-5-17-19(3)9(7)14(22)23/h5H,4H2,1-3H3,(H2,16,20)(H,18,21)(H,22,23). The molecule has 0 fully saturated rings. The number of thiophene rings is 1. The summed E-state index contributed by atoms with van der Waals surface area (Å²) in [7, 11) is 1.38. The second-order valence-electron chi connectivity index (χ2n) is 5.13. The minimum Gasteiger partial charge on any atom is -0.477 e.